The molecule has 2 amide bonds. The fourth-order valence-electron chi connectivity index (χ4n) is 3.97. The Kier molecular flexibility index (Phi) is 8.63. The molecule has 1 saturated heterocycles. The molecule has 0 saturated carbocycles. The third kappa shape index (κ3) is 6.65. The molecular formula is C25H33N3O4S. The van der Waals surface area contributed by atoms with E-state index >= 15 is 0 Å². The molecule has 0 atom stereocenters. The lowest BCUT2D eigenvalue weighted by Crippen LogP contribution is -2.31. The van der Waals surface area contributed by atoms with Crippen molar-refractivity contribution in [3.05, 3.63) is 65.2 Å². The van der Waals surface area contributed by atoms with Crippen LogP contribution < -0.4 is 5.32 Å². The highest BCUT2D eigenvalue weighted by atomic mass is 32.2. The van der Waals surface area contributed by atoms with E-state index in [0.29, 0.717) is 42.9 Å². The highest BCUT2D eigenvalue weighted by Crippen LogP contribution is 2.21. The molecule has 0 radical (unpaired) electrons. The number of rotatable bonds is 8. The highest BCUT2D eigenvalue weighted by Gasteiger charge is 2.25. The number of hydrogen-bond acceptors (Lipinski definition) is 4. The number of carbonyl (C=O) groups is 2. The zero-order valence-electron chi connectivity index (χ0n) is 19.4. The minimum absolute atomic E-state index is 0.00615. The molecule has 0 bridgehead atoms. The average molecular weight is 472 g/mol. The number of carbonyl (C=O) groups excluding carboxylic acids is 2. The van der Waals surface area contributed by atoms with Gasteiger partial charge in [-0.2, -0.15) is 4.31 Å². The van der Waals surface area contributed by atoms with Crippen LogP contribution >= 0.6 is 0 Å². The van der Waals surface area contributed by atoms with Gasteiger partial charge in [0.2, 0.25) is 15.9 Å². The maximum absolute atomic E-state index is 12.9. The molecule has 0 unspecified atom stereocenters. The monoisotopic (exact) mass is 471 g/mol. The minimum Gasteiger partial charge on any atom is -0.355 e. The lowest BCUT2D eigenvalue weighted by atomic mass is 10.1. The Morgan fingerprint density at radius 1 is 0.909 bits per heavy atom. The lowest BCUT2D eigenvalue weighted by molar-refractivity contribution is -0.130. The van der Waals surface area contributed by atoms with Crippen molar-refractivity contribution in [1.82, 2.24) is 14.5 Å². The summed E-state index contributed by atoms with van der Waals surface area (Å²) in [5.41, 5.74) is 2.46. The Labute approximate surface area is 196 Å². The van der Waals surface area contributed by atoms with Crippen LogP contribution in [0.15, 0.2) is 53.4 Å². The third-order valence-electron chi connectivity index (χ3n) is 6.04. The molecule has 0 spiro atoms. The standard InChI is InChI=1S/C25H33N3O4S/c1-26-25(30)22-12-7-21(8-13-22)19-27(2)24(29)16-11-20-9-14-23(15-10-20)33(31,32)28-17-5-3-4-6-18-28/h7-10,12-15H,3-6,11,16-19H2,1-2H3,(H,26,30). The van der Waals surface area contributed by atoms with Gasteiger partial charge in [0.1, 0.15) is 0 Å². The van der Waals surface area contributed by atoms with E-state index in [1.165, 1.54) is 0 Å². The van der Waals surface area contributed by atoms with Gasteiger partial charge in [-0.05, 0) is 54.7 Å². The average Bonchev–Trinajstić information content (AvgIpc) is 3.13. The SMILES string of the molecule is CNC(=O)c1ccc(CN(C)C(=O)CCc2ccc(S(=O)(=O)N3CCCCCC3)cc2)cc1. The molecule has 7 nitrogen and oxygen atoms in total. The van der Waals surface area contributed by atoms with Crippen LogP contribution in [0.3, 0.4) is 0 Å². The molecule has 0 aromatic heterocycles. The molecule has 1 aliphatic rings. The summed E-state index contributed by atoms with van der Waals surface area (Å²) in [4.78, 5) is 26.2. The number of aryl methyl sites for hydroxylation is 1. The normalized spacial score (nSPS) is 15.0. The quantitative estimate of drug-likeness (QED) is 0.641. The van der Waals surface area contributed by atoms with Crippen LogP contribution in [0.1, 0.15) is 53.6 Å². The largest absolute Gasteiger partial charge is 0.355 e. The van der Waals surface area contributed by atoms with Crippen LogP contribution in [-0.4, -0.2) is 56.6 Å². The van der Waals surface area contributed by atoms with E-state index in [0.717, 1.165) is 36.8 Å². The second-order valence-corrected chi connectivity index (χ2v) is 10.4. The van der Waals surface area contributed by atoms with Gasteiger partial charge in [-0.25, -0.2) is 8.42 Å². The Balaban J connectivity index is 1.53. The van der Waals surface area contributed by atoms with Crippen LogP contribution in [0.5, 0.6) is 0 Å². The predicted octanol–water partition coefficient (Wildman–Crippen LogP) is 3.20. The summed E-state index contributed by atoms with van der Waals surface area (Å²) in [5.74, 6) is -0.136. The molecule has 1 N–H and O–H groups in total. The van der Waals surface area contributed by atoms with E-state index in [4.69, 9.17) is 0 Å². The van der Waals surface area contributed by atoms with Crippen molar-refractivity contribution in [3.63, 3.8) is 0 Å². The Bertz CT molecular complexity index is 1040. The van der Waals surface area contributed by atoms with Crippen molar-refractivity contribution in [2.45, 2.75) is 50.0 Å². The van der Waals surface area contributed by atoms with Crippen LogP contribution in [0, 0.1) is 0 Å². The maximum atomic E-state index is 12.9. The number of hydrogen-bond donors (Lipinski definition) is 1. The summed E-state index contributed by atoms with van der Waals surface area (Å²) in [6, 6.07) is 14.1. The van der Waals surface area contributed by atoms with Crippen LogP contribution in [0.2, 0.25) is 0 Å². The van der Waals surface area contributed by atoms with Crippen molar-refractivity contribution in [1.29, 1.82) is 0 Å². The van der Waals surface area contributed by atoms with Gasteiger partial charge < -0.3 is 10.2 Å². The molecule has 0 aliphatic carbocycles. The summed E-state index contributed by atoms with van der Waals surface area (Å²) < 4.78 is 27.4. The molecule has 2 aromatic rings. The fourth-order valence-corrected chi connectivity index (χ4v) is 5.49. The summed E-state index contributed by atoms with van der Waals surface area (Å²) >= 11 is 0. The zero-order chi connectivity index (χ0) is 23.8. The number of amides is 2. The summed E-state index contributed by atoms with van der Waals surface area (Å²) in [7, 11) is -0.114. The highest BCUT2D eigenvalue weighted by molar-refractivity contribution is 7.89. The molecule has 2 aromatic carbocycles. The van der Waals surface area contributed by atoms with Gasteiger partial charge in [-0.1, -0.05) is 37.1 Å². The van der Waals surface area contributed by atoms with Gasteiger partial charge in [-0.15, -0.1) is 0 Å². The number of nitrogens with one attached hydrogen (secondary N) is 1. The third-order valence-corrected chi connectivity index (χ3v) is 7.96. The molecule has 8 heteroatoms. The molecular weight excluding hydrogens is 438 g/mol. The first-order valence-corrected chi connectivity index (χ1v) is 12.9. The molecule has 33 heavy (non-hydrogen) atoms. The summed E-state index contributed by atoms with van der Waals surface area (Å²) in [6.45, 7) is 1.62. The van der Waals surface area contributed by atoms with Crippen molar-refractivity contribution < 1.29 is 18.0 Å². The summed E-state index contributed by atoms with van der Waals surface area (Å²) in [6.07, 6.45) is 4.85. The zero-order valence-corrected chi connectivity index (χ0v) is 20.2. The topological polar surface area (TPSA) is 86.8 Å². The van der Waals surface area contributed by atoms with E-state index in [1.54, 1.807) is 59.7 Å². The molecule has 1 aliphatic heterocycles. The first-order valence-electron chi connectivity index (χ1n) is 11.5. The van der Waals surface area contributed by atoms with Crippen molar-refractivity contribution in [3.8, 4) is 0 Å². The Morgan fingerprint density at radius 2 is 1.48 bits per heavy atom. The van der Waals surface area contributed by atoms with E-state index in [9.17, 15) is 18.0 Å². The van der Waals surface area contributed by atoms with Crippen LogP contribution in [0.25, 0.3) is 0 Å². The smallest absolute Gasteiger partial charge is 0.251 e. The van der Waals surface area contributed by atoms with Gasteiger partial charge >= 0.3 is 0 Å². The number of sulfonamides is 1. The number of benzene rings is 2. The van der Waals surface area contributed by atoms with Crippen molar-refractivity contribution in [2.24, 2.45) is 0 Å². The van der Waals surface area contributed by atoms with Gasteiger partial charge in [0.15, 0.2) is 0 Å². The Morgan fingerprint density at radius 3 is 2.06 bits per heavy atom. The van der Waals surface area contributed by atoms with E-state index in [-0.39, 0.29) is 11.8 Å². The Hall–Kier alpha value is -2.71. The second kappa shape index (κ2) is 11.4. The van der Waals surface area contributed by atoms with Gasteiger partial charge in [0, 0.05) is 45.7 Å². The maximum Gasteiger partial charge on any atom is 0.251 e. The second-order valence-electron chi connectivity index (χ2n) is 8.49. The molecule has 3 rings (SSSR count). The predicted molar refractivity (Wildman–Crippen MR) is 128 cm³/mol. The molecule has 1 fully saturated rings. The van der Waals surface area contributed by atoms with Gasteiger partial charge in [0.05, 0.1) is 4.90 Å². The fraction of sp³-hybridized carbons (Fsp3) is 0.440. The first-order chi connectivity index (χ1) is 15.8. The minimum atomic E-state index is -3.46. The number of nitrogens with zero attached hydrogens (tertiary/aromatic N) is 2. The van der Waals surface area contributed by atoms with Crippen molar-refractivity contribution >= 4 is 21.8 Å². The van der Waals surface area contributed by atoms with Gasteiger partial charge in [0.25, 0.3) is 5.91 Å². The van der Waals surface area contributed by atoms with Crippen LogP contribution in [-0.2, 0) is 27.8 Å². The molecule has 1 heterocycles. The molecule has 178 valence electrons. The van der Waals surface area contributed by atoms with Gasteiger partial charge in [-0.3, -0.25) is 9.59 Å². The lowest BCUT2D eigenvalue weighted by Gasteiger charge is -2.20. The van der Waals surface area contributed by atoms with E-state index in [1.807, 2.05) is 12.1 Å². The van der Waals surface area contributed by atoms with E-state index < -0.39 is 10.0 Å². The first kappa shape index (κ1) is 24.9. The van der Waals surface area contributed by atoms with Crippen molar-refractivity contribution in [2.75, 3.05) is 27.2 Å². The summed E-state index contributed by atoms with van der Waals surface area (Å²) in [5, 5.41) is 2.58. The van der Waals surface area contributed by atoms with E-state index in [2.05, 4.69) is 5.32 Å². The van der Waals surface area contributed by atoms with Crippen LogP contribution in [0.4, 0.5) is 0 Å².